The fourth-order valence-electron chi connectivity index (χ4n) is 2.20. The summed E-state index contributed by atoms with van der Waals surface area (Å²) in [6, 6.07) is 6.06. The molecule has 3 rings (SSSR count). The number of pyridine rings is 1. The topological polar surface area (TPSA) is 63.8 Å². The molecule has 4 nitrogen and oxygen atoms in total. The number of rotatable bonds is 3. The van der Waals surface area contributed by atoms with Gasteiger partial charge in [-0.2, -0.15) is 0 Å². The van der Waals surface area contributed by atoms with Crippen LogP contribution in [0.15, 0.2) is 36.0 Å². The molecule has 0 radical (unpaired) electrons. The molecule has 0 saturated heterocycles. The van der Waals surface area contributed by atoms with Crippen molar-refractivity contribution in [3.05, 3.63) is 46.7 Å². The summed E-state index contributed by atoms with van der Waals surface area (Å²) in [7, 11) is 0. The van der Waals surface area contributed by atoms with Gasteiger partial charge in [0.15, 0.2) is 0 Å². The monoisotopic (exact) mass is 284 g/mol. The molecule has 0 aliphatic heterocycles. The average Bonchev–Trinajstić information content (AvgIpc) is 2.89. The second-order valence-corrected chi connectivity index (χ2v) is 5.71. The molecule has 1 atom stereocenters. The minimum atomic E-state index is 0.161. The Morgan fingerprint density at radius 3 is 2.85 bits per heavy atom. The van der Waals surface area contributed by atoms with Crippen molar-refractivity contribution >= 4 is 33.5 Å². The summed E-state index contributed by atoms with van der Waals surface area (Å²) in [4.78, 5) is 8.66. The quantitative estimate of drug-likeness (QED) is 0.719. The Hall–Kier alpha value is -2.14. The van der Waals surface area contributed by atoms with Gasteiger partial charge in [-0.05, 0) is 32.0 Å². The lowest BCUT2D eigenvalue weighted by Gasteiger charge is -2.15. The molecule has 20 heavy (non-hydrogen) atoms. The molecule has 0 aliphatic rings. The first-order valence-electron chi connectivity index (χ1n) is 6.46. The smallest absolute Gasteiger partial charge is 0.115 e. The fraction of sp³-hybridized carbons (Fsp3) is 0.200. The molecule has 1 aromatic carbocycles. The van der Waals surface area contributed by atoms with Crippen LogP contribution < -0.4 is 11.1 Å². The van der Waals surface area contributed by atoms with E-state index in [9.17, 15) is 0 Å². The van der Waals surface area contributed by atoms with E-state index in [1.165, 1.54) is 0 Å². The zero-order valence-corrected chi connectivity index (χ0v) is 12.2. The Morgan fingerprint density at radius 1 is 1.25 bits per heavy atom. The maximum absolute atomic E-state index is 5.99. The fourth-order valence-corrected chi connectivity index (χ4v) is 3.01. The van der Waals surface area contributed by atoms with E-state index in [2.05, 4.69) is 27.6 Å². The zero-order chi connectivity index (χ0) is 14.1. The minimum absolute atomic E-state index is 0.161. The normalized spacial score (nSPS) is 12.5. The lowest BCUT2D eigenvalue weighted by Crippen LogP contribution is -2.07. The van der Waals surface area contributed by atoms with E-state index in [4.69, 9.17) is 5.73 Å². The van der Waals surface area contributed by atoms with Crippen LogP contribution >= 0.6 is 11.3 Å². The molecular formula is C15H16N4S. The lowest BCUT2D eigenvalue weighted by atomic mass is 10.1. The van der Waals surface area contributed by atoms with Crippen molar-refractivity contribution in [1.29, 1.82) is 0 Å². The van der Waals surface area contributed by atoms with Crippen LogP contribution in [-0.4, -0.2) is 9.97 Å². The number of aromatic nitrogens is 2. The van der Waals surface area contributed by atoms with Gasteiger partial charge in [-0.1, -0.05) is 0 Å². The third-order valence-electron chi connectivity index (χ3n) is 3.23. The Morgan fingerprint density at radius 2 is 2.10 bits per heavy atom. The number of nitrogen functional groups attached to an aromatic ring is 1. The van der Waals surface area contributed by atoms with Crippen molar-refractivity contribution < 1.29 is 0 Å². The predicted octanol–water partition coefficient (Wildman–Crippen LogP) is 3.76. The van der Waals surface area contributed by atoms with Gasteiger partial charge in [0.2, 0.25) is 0 Å². The molecule has 0 fully saturated rings. The number of hydrogen-bond acceptors (Lipinski definition) is 5. The summed E-state index contributed by atoms with van der Waals surface area (Å²) in [6.07, 6.45) is 3.58. The Labute approximate surface area is 121 Å². The molecular weight excluding hydrogens is 268 g/mol. The standard InChI is InChI=1S/C15H16N4S/c1-9-8-20-15(18-9)10(2)19-14-4-3-13(16)12-7-17-6-5-11(12)14/h3-8,10,19H,16H2,1-2H3. The van der Waals surface area contributed by atoms with Gasteiger partial charge >= 0.3 is 0 Å². The first-order chi connectivity index (χ1) is 9.65. The first-order valence-corrected chi connectivity index (χ1v) is 7.34. The molecule has 2 aromatic heterocycles. The summed E-state index contributed by atoms with van der Waals surface area (Å²) >= 11 is 1.67. The summed E-state index contributed by atoms with van der Waals surface area (Å²) in [5.74, 6) is 0. The van der Waals surface area contributed by atoms with Crippen molar-refractivity contribution in [3.63, 3.8) is 0 Å². The number of hydrogen-bond donors (Lipinski definition) is 2. The van der Waals surface area contributed by atoms with E-state index in [0.717, 1.165) is 32.8 Å². The number of aryl methyl sites for hydroxylation is 1. The van der Waals surface area contributed by atoms with Crippen LogP contribution in [0, 0.1) is 6.92 Å². The number of thiazole rings is 1. The van der Waals surface area contributed by atoms with Crippen molar-refractivity contribution in [1.82, 2.24) is 9.97 Å². The summed E-state index contributed by atoms with van der Waals surface area (Å²) in [5.41, 5.74) is 8.85. The number of nitrogens with one attached hydrogen (secondary N) is 1. The number of anilines is 2. The molecule has 102 valence electrons. The number of benzene rings is 1. The molecule has 3 N–H and O–H groups in total. The van der Waals surface area contributed by atoms with Crippen LogP contribution in [0.5, 0.6) is 0 Å². The predicted molar refractivity (Wildman–Crippen MR) is 85.0 cm³/mol. The molecule has 2 heterocycles. The van der Waals surface area contributed by atoms with E-state index >= 15 is 0 Å². The molecule has 0 amide bonds. The summed E-state index contributed by atoms with van der Waals surface area (Å²) < 4.78 is 0. The average molecular weight is 284 g/mol. The van der Waals surface area contributed by atoms with E-state index < -0.39 is 0 Å². The summed E-state index contributed by atoms with van der Waals surface area (Å²) in [5, 5.41) is 8.71. The van der Waals surface area contributed by atoms with Crippen molar-refractivity contribution in [2.75, 3.05) is 11.1 Å². The number of fused-ring (bicyclic) bond motifs is 1. The highest BCUT2D eigenvalue weighted by Gasteiger charge is 2.11. The van der Waals surface area contributed by atoms with Crippen LogP contribution in [-0.2, 0) is 0 Å². The van der Waals surface area contributed by atoms with E-state index in [1.54, 1.807) is 23.7 Å². The second kappa shape index (κ2) is 5.09. The van der Waals surface area contributed by atoms with Crippen LogP contribution in [0.25, 0.3) is 10.8 Å². The van der Waals surface area contributed by atoms with E-state index in [-0.39, 0.29) is 6.04 Å². The number of nitrogens with zero attached hydrogens (tertiary/aromatic N) is 2. The van der Waals surface area contributed by atoms with Crippen molar-refractivity contribution in [2.45, 2.75) is 19.9 Å². The number of nitrogens with two attached hydrogens (primary N) is 1. The molecule has 1 unspecified atom stereocenters. The first kappa shape index (κ1) is 12.9. The van der Waals surface area contributed by atoms with Crippen molar-refractivity contribution in [2.24, 2.45) is 0 Å². The molecule has 0 bridgehead atoms. The highest BCUT2D eigenvalue weighted by Crippen LogP contribution is 2.30. The van der Waals surface area contributed by atoms with E-state index in [1.807, 2.05) is 25.1 Å². The summed E-state index contributed by atoms with van der Waals surface area (Å²) in [6.45, 7) is 4.12. The molecule has 0 aliphatic carbocycles. The van der Waals surface area contributed by atoms with Gasteiger partial charge in [0.25, 0.3) is 0 Å². The van der Waals surface area contributed by atoms with Gasteiger partial charge in [0.05, 0.1) is 6.04 Å². The van der Waals surface area contributed by atoms with Gasteiger partial charge in [-0.3, -0.25) is 4.98 Å². The van der Waals surface area contributed by atoms with Crippen LogP contribution in [0.4, 0.5) is 11.4 Å². The maximum Gasteiger partial charge on any atom is 0.115 e. The van der Waals surface area contributed by atoms with Gasteiger partial charge in [-0.15, -0.1) is 11.3 Å². The molecule has 0 spiro atoms. The SMILES string of the molecule is Cc1csc(C(C)Nc2ccc(N)c3cnccc23)n1. The van der Waals surface area contributed by atoms with Gasteiger partial charge in [0, 0.05) is 45.6 Å². The molecule has 0 saturated carbocycles. The van der Waals surface area contributed by atoms with Crippen molar-refractivity contribution in [3.8, 4) is 0 Å². The highest BCUT2D eigenvalue weighted by molar-refractivity contribution is 7.09. The largest absolute Gasteiger partial charge is 0.398 e. The van der Waals surface area contributed by atoms with Gasteiger partial charge in [-0.25, -0.2) is 4.98 Å². The Balaban J connectivity index is 1.97. The van der Waals surface area contributed by atoms with Gasteiger partial charge < -0.3 is 11.1 Å². The maximum atomic E-state index is 5.99. The van der Waals surface area contributed by atoms with Crippen LogP contribution in [0.3, 0.4) is 0 Å². The zero-order valence-electron chi connectivity index (χ0n) is 11.4. The molecule has 5 heteroatoms. The van der Waals surface area contributed by atoms with Crippen LogP contribution in [0.2, 0.25) is 0 Å². The second-order valence-electron chi connectivity index (χ2n) is 4.82. The highest BCUT2D eigenvalue weighted by atomic mass is 32.1. The third-order valence-corrected chi connectivity index (χ3v) is 4.38. The van der Waals surface area contributed by atoms with Crippen LogP contribution in [0.1, 0.15) is 23.7 Å². The Kier molecular flexibility index (Phi) is 3.28. The lowest BCUT2D eigenvalue weighted by molar-refractivity contribution is 0.866. The Bertz CT molecular complexity index is 750. The van der Waals surface area contributed by atoms with E-state index in [0.29, 0.717) is 0 Å². The molecule has 3 aromatic rings. The van der Waals surface area contributed by atoms with Gasteiger partial charge in [0.1, 0.15) is 5.01 Å². The minimum Gasteiger partial charge on any atom is -0.398 e. The third kappa shape index (κ3) is 2.32.